The van der Waals surface area contributed by atoms with Crippen LogP contribution in [0.25, 0.3) is 0 Å². The second-order valence-electron chi connectivity index (χ2n) is 5.88. The fourth-order valence-electron chi connectivity index (χ4n) is 3.35. The number of phenols is 2. The Bertz CT molecular complexity index is 431. The van der Waals surface area contributed by atoms with Crippen molar-refractivity contribution < 1.29 is 10.2 Å². The molecule has 1 aromatic carbocycles. The zero-order chi connectivity index (χ0) is 13.8. The quantitative estimate of drug-likeness (QED) is 0.765. The highest BCUT2D eigenvalue weighted by molar-refractivity contribution is 5.54. The molecule has 0 saturated heterocycles. The van der Waals surface area contributed by atoms with E-state index in [0.717, 1.165) is 37.7 Å². The summed E-state index contributed by atoms with van der Waals surface area (Å²) >= 11 is 0. The minimum atomic E-state index is 0.0669. The molecule has 1 aliphatic carbocycles. The van der Waals surface area contributed by atoms with E-state index in [4.69, 9.17) is 0 Å². The molecule has 1 aromatic rings. The molecule has 1 fully saturated rings. The molecule has 0 unspecified atom stereocenters. The Morgan fingerprint density at radius 2 is 1.84 bits per heavy atom. The van der Waals surface area contributed by atoms with Crippen LogP contribution in [-0.2, 0) is 6.42 Å². The van der Waals surface area contributed by atoms with Crippen molar-refractivity contribution in [2.24, 2.45) is 0 Å². The van der Waals surface area contributed by atoms with Gasteiger partial charge in [-0.25, -0.2) is 0 Å². The summed E-state index contributed by atoms with van der Waals surface area (Å²) in [4.78, 5) is 0. The van der Waals surface area contributed by atoms with Gasteiger partial charge in [-0.05, 0) is 55.7 Å². The van der Waals surface area contributed by atoms with Gasteiger partial charge >= 0.3 is 0 Å². The van der Waals surface area contributed by atoms with Crippen molar-refractivity contribution in [1.82, 2.24) is 0 Å². The first-order chi connectivity index (χ1) is 9.15. The first-order valence-corrected chi connectivity index (χ1v) is 7.69. The lowest BCUT2D eigenvalue weighted by Crippen LogP contribution is -2.08. The standard InChI is InChI=1S/C17H26O2/c1-3-4-8-14-11-15(18)17(19)16(12(14)2)13-9-6-5-7-10-13/h11,13,18-19H,3-10H2,1-2H3. The van der Waals surface area contributed by atoms with Crippen LogP contribution in [0.3, 0.4) is 0 Å². The van der Waals surface area contributed by atoms with E-state index in [1.165, 1.54) is 30.4 Å². The van der Waals surface area contributed by atoms with Crippen molar-refractivity contribution in [2.75, 3.05) is 0 Å². The minimum Gasteiger partial charge on any atom is -0.504 e. The second kappa shape index (κ2) is 6.31. The summed E-state index contributed by atoms with van der Waals surface area (Å²) in [5, 5.41) is 20.2. The number of unbranched alkanes of at least 4 members (excludes halogenated alkanes) is 1. The van der Waals surface area contributed by atoms with E-state index >= 15 is 0 Å². The van der Waals surface area contributed by atoms with Gasteiger partial charge in [-0.3, -0.25) is 0 Å². The van der Waals surface area contributed by atoms with Crippen LogP contribution in [0.15, 0.2) is 6.07 Å². The van der Waals surface area contributed by atoms with Crippen molar-refractivity contribution in [3.05, 3.63) is 22.8 Å². The van der Waals surface area contributed by atoms with Gasteiger partial charge < -0.3 is 10.2 Å². The van der Waals surface area contributed by atoms with Gasteiger partial charge in [0.15, 0.2) is 11.5 Å². The van der Waals surface area contributed by atoms with Crippen molar-refractivity contribution in [2.45, 2.75) is 71.1 Å². The van der Waals surface area contributed by atoms with Crippen molar-refractivity contribution in [1.29, 1.82) is 0 Å². The summed E-state index contributed by atoms with van der Waals surface area (Å²) in [5.74, 6) is 0.628. The van der Waals surface area contributed by atoms with Crippen LogP contribution in [0, 0.1) is 6.92 Å². The fourth-order valence-corrected chi connectivity index (χ4v) is 3.35. The smallest absolute Gasteiger partial charge is 0.161 e. The molecule has 2 N–H and O–H groups in total. The highest BCUT2D eigenvalue weighted by Gasteiger charge is 2.23. The van der Waals surface area contributed by atoms with Gasteiger partial charge in [0.05, 0.1) is 0 Å². The van der Waals surface area contributed by atoms with Gasteiger partial charge in [-0.2, -0.15) is 0 Å². The summed E-state index contributed by atoms with van der Waals surface area (Å²) in [5.41, 5.74) is 3.43. The summed E-state index contributed by atoms with van der Waals surface area (Å²) < 4.78 is 0. The highest BCUT2D eigenvalue weighted by Crippen LogP contribution is 2.44. The number of hydrogen-bond acceptors (Lipinski definition) is 2. The van der Waals surface area contributed by atoms with Gasteiger partial charge in [-0.1, -0.05) is 32.6 Å². The van der Waals surface area contributed by atoms with E-state index in [0.29, 0.717) is 5.92 Å². The Kier molecular flexibility index (Phi) is 4.73. The summed E-state index contributed by atoms with van der Waals surface area (Å²) in [6.07, 6.45) is 9.35. The Balaban J connectivity index is 2.36. The predicted octanol–water partition coefficient (Wildman–Crippen LogP) is 4.80. The van der Waals surface area contributed by atoms with E-state index in [2.05, 4.69) is 13.8 Å². The third kappa shape index (κ3) is 3.05. The van der Waals surface area contributed by atoms with E-state index < -0.39 is 0 Å². The molecule has 106 valence electrons. The fraction of sp³-hybridized carbons (Fsp3) is 0.647. The van der Waals surface area contributed by atoms with Crippen molar-refractivity contribution in [3.8, 4) is 11.5 Å². The maximum Gasteiger partial charge on any atom is 0.161 e. The number of rotatable bonds is 4. The van der Waals surface area contributed by atoms with Gasteiger partial charge in [0.2, 0.25) is 0 Å². The first-order valence-electron chi connectivity index (χ1n) is 7.69. The van der Waals surface area contributed by atoms with Crippen LogP contribution in [0.4, 0.5) is 0 Å². The molecule has 1 saturated carbocycles. The largest absolute Gasteiger partial charge is 0.504 e. The van der Waals surface area contributed by atoms with Crippen molar-refractivity contribution >= 4 is 0 Å². The van der Waals surface area contributed by atoms with Crippen LogP contribution in [-0.4, -0.2) is 10.2 Å². The molecular formula is C17H26O2. The summed E-state index contributed by atoms with van der Waals surface area (Å²) in [7, 11) is 0. The zero-order valence-corrected chi connectivity index (χ0v) is 12.2. The van der Waals surface area contributed by atoms with E-state index in [9.17, 15) is 10.2 Å². The monoisotopic (exact) mass is 262 g/mol. The lowest BCUT2D eigenvalue weighted by atomic mass is 9.80. The average Bonchev–Trinajstić information content (AvgIpc) is 2.43. The molecule has 1 aliphatic rings. The minimum absolute atomic E-state index is 0.0669. The molecule has 0 radical (unpaired) electrons. The maximum absolute atomic E-state index is 10.2. The summed E-state index contributed by atoms with van der Waals surface area (Å²) in [6, 6.07) is 1.76. The molecular weight excluding hydrogens is 236 g/mol. The SMILES string of the molecule is CCCCc1cc(O)c(O)c(C2CCCCC2)c1C. The molecule has 0 atom stereocenters. The molecule has 2 rings (SSSR count). The van der Waals surface area contributed by atoms with Gasteiger partial charge in [0.1, 0.15) is 0 Å². The second-order valence-corrected chi connectivity index (χ2v) is 5.88. The Hall–Kier alpha value is -1.18. The third-order valence-electron chi connectivity index (χ3n) is 4.51. The number of aromatic hydroxyl groups is 2. The Morgan fingerprint density at radius 1 is 1.16 bits per heavy atom. The van der Waals surface area contributed by atoms with E-state index in [-0.39, 0.29) is 11.5 Å². The molecule has 0 heterocycles. The average molecular weight is 262 g/mol. The van der Waals surface area contributed by atoms with Crippen molar-refractivity contribution in [3.63, 3.8) is 0 Å². The third-order valence-corrected chi connectivity index (χ3v) is 4.51. The lowest BCUT2D eigenvalue weighted by Gasteiger charge is -2.26. The molecule has 0 bridgehead atoms. The van der Waals surface area contributed by atoms with E-state index in [1.54, 1.807) is 6.07 Å². The van der Waals surface area contributed by atoms with Crippen LogP contribution < -0.4 is 0 Å². The number of benzene rings is 1. The van der Waals surface area contributed by atoms with Crippen LogP contribution in [0.5, 0.6) is 11.5 Å². The zero-order valence-electron chi connectivity index (χ0n) is 12.2. The highest BCUT2D eigenvalue weighted by atomic mass is 16.3. The van der Waals surface area contributed by atoms with Gasteiger partial charge in [0, 0.05) is 5.56 Å². The van der Waals surface area contributed by atoms with Crippen LogP contribution >= 0.6 is 0 Å². The normalized spacial score (nSPS) is 16.7. The number of aryl methyl sites for hydroxylation is 1. The molecule has 0 aromatic heterocycles. The predicted molar refractivity (Wildman–Crippen MR) is 78.9 cm³/mol. The topological polar surface area (TPSA) is 40.5 Å². The number of hydrogen-bond donors (Lipinski definition) is 2. The van der Waals surface area contributed by atoms with Crippen LogP contribution in [0.2, 0.25) is 0 Å². The van der Waals surface area contributed by atoms with E-state index in [1.807, 2.05) is 0 Å². The Morgan fingerprint density at radius 3 is 2.47 bits per heavy atom. The van der Waals surface area contributed by atoms with Gasteiger partial charge in [0.25, 0.3) is 0 Å². The Labute approximate surface area is 116 Å². The molecule has 0 aliphatic heterocycles. The maximum atomic E-state index is 10.2. The first kappa shape index (κ1) is 14.2. The molecule has 2 nitrogen and oxygen atoms in total. The number of phenolic OH excluding ortho intramolecular Hbond substituents is 2. The molecule has 0 spiro atoms. The molecule has 19 heavy (non-hydrogen) atoms. The molecule has 0 amide bonds. The van der Waals surface area contributed by atoms with Gasteiger partial charge in [-0.15, -0.1) is 0 Å². The lowest BCUT2D eigenvalue weighted by molar-refractivity contribution is 0.379. The van der Waals surface area contributed by atoms with Crippen LogP contribution in [0.1, 0.15) is 74.5 Å². The summed E-state index contributed by atoms with van der Waals surface area (Å²) in [6.45, 7) is 4.28. The molecule has 2 heteroatoms.